The molecule has 2 atom stereocenters. The first kappa shape index (κ1) is 18.6. The Morgan fingerprint density at radius 3 is 2.35 bits per heavy atom. The fourth-order valence-electron chi connectivity index (χ4n) is 3.92. The van der Waals surface area contributed by atoms with Crippen molar-refractivity contribution >= 4 is 17.8 Å². The monoisotopic (exact) mass is 357 g/mol. The van der Waals surface area contributed by atoms with Crippen molar-refractivity contribution in [2.75, 3.05) is 13.7 Å². The quantitative estimate of drug-likeness (QED) is 0.600. The van der Waals surface area contributed by atoms with E-state index in [0.717, 1.165) is 36.1 Å². The summed E-state index contributed by atoms with van der Waals surface area (Å²) in [4.78, 5) is 41.8. The molecule has 6 heteroatoms. The lowest BCUT2D eigenvalue weighted by Crippen LogP contribution is -2.46. The van der Waals surface area contributed by atoms with Crippen molar-refractivity contribution in [2.45, 2.75) is 52.1 Å². The molecule has 3 rings (SSSR count). The van der Waals surface area contributed by atoms with E-state index >= 15 is 0 Å². The second-order valence-corrected chi connectivity index (χ2v) is 7.66. The molecular formula is C20H27N3O3. The van der Waals surface area contributed by atoms with Crippen LogP contribution in [0.2, 0.25) is 0 Å². The summed E-state index contributed by atoms with van der Waals surface area (Å²) in [5.41, 5.74) is 2.28. The van der Waals surface area contributed by atoms with Gasteiger partial charge in [-0.1, -0.05) is 49.6 Å². The third-order valence-electron chi connectivity index (χ3n) is 5.44. The Balaban J connectivity index is 1.67. The number of imide groups is 2. The molecule has 0 aromatic heterocycles. The number of hydrogen-bond acceptors (Lipinski definition) is 4. The molecule has 2 unspecified atom stereocenters. The van der Waals surface area contributed by atoms with Gasteiger partial charge in [-0.05, 0) is 38.3 Å². The maximum absolute atomic E-state index is 12.8. The highest BCUT2D eigenvalue weighted by atomic mass is 16.2. The van der Waals surface area contributed by atoms with Crippen LogP contribution in [0, 0.1) is 12.8 Å². The number of urea groups is 1. The van der Waals surface area contributed by atoms with Crippen LogP contribution in [0.3, 0.4) is 0 Å². The van der Waals surface area contributed by atoms with E-state index in [-0.39, 0.29) is 18.6 Å². The van der Waals surface area contributed by atoms with Crippen molar-refractivity contribution < 1.29 is 14.4 Å². The van der Waals surface area contributed by atoms with Crippen LogP contribution < -0.4 is 0 Å². The molecule has 1 heterocycles. The van der Waals surface area contributed by atoms with Crippen molar-refractivity contribution in [2.24, 2.45) is 5.92 Å². The Hall–Kier alpha value is -2.21. The average molecular weight is 357 g/mol. The standard InChI is InChI=1S/C20H27N3O3/c1-14-8-10-16(11-9-14)12-21(3)13-22-18(24)19(25)23(20(22)26)17-7-5-4-6-15(17)2/h8-11,15,17H,4-7,12-13H2,1-3H3. The largest absolute Gasteiger partial charge is 0.335 e. The van der Waals surface area contributed by atoms with Crippen molar-refractivity contribution in [3.05, 3.63) is 35.4 Å². The molecule has 2 fully saturated rings. The van der Waals surface area contributed by atoms with Crippen LogP contribution in [-0.4, -0.2) is 52.3 Å². The van der Waals surface area contributed by atoms with Crippen LogP contribution in [0.5, 0.6) is 0 Å². The van der Waals surface area contributed by atoms with Gasteiger partial charge in [-0.3, -0.25) is 19.4 Å². The molecular weight excluding hydrogens is 330 g/mol. The fraction of sp³-hybridized carbons (Fsp3) is 0.550. The van der Waals surface area contributed by atoms with E-state index in [2.05, 4.69) is 6.92 Å². The van der Waals surface area contributed by atoms with Gasteiger partial charge < -0.3 is 0 Å². The molecule has 2 aliphatic rings. The van der Waals surface area contributed by atoms with Crippen LogP contribution in [-0.2, 0) is 16.1 Å². The molecule has 26 heavy (non-hydrogen) atoms. The molecule has 1 aliphatic carbocycles. The summed E-state index contributed by atoms with van der Waals surface area (Å²) in [6, 6.07) is 7.51. The second-order valence-electron chi connectivity index (χ2n) is 7.66. The highest BCUT2D eigenvalue weighted by Crippen LogP contribution is 2.31. The first-order valence-electron chi connectivity index (χ1n) is 9.31. The summed E-state index contributed by atoms with van der Waals surface area (Å²) in [5, 5.41) is 0. The van der Waals surface area contributed by atoms with Gasteiger partial charge in [-0.25, -0.2) is 9.69 Å². The minimum absolute atomic E-state index is 0.120. The van der Waals surface area contributed by atoms with Gasteiger partial charge in [-0.15, -0.1) is 0 Å². The Labute approximate surface area is 154 Å². The molecule has 140 valence electrons. The molecule has 1 saturated carbocycles. The predicted molar refractivity (Wildman–Crippen MR) is 98.0 cm³/mol. The normalized spacial score (nSPS) is 24.1. The molecule has 1 aromatic carbocycles. The van der Waals surface area contributed by atoms with Gasteiger partial charge in [-0.2, -0.15) is 0 Å². The summed E-state index contributed by atoms with van der Waals surface area (Å²) in [5.74, 6) is -1.13. The van der Waals surface area contributed by atoms with Crippen LogP contribution in [0.4, 0.5) is 4.79 Å². The molecule has 4 amide bonds. The molecule has 1 saturated heterocycles. The topological polar surface area (TPSA) is 60.9 Å². The Bertz CT molecular complexity index is 701. The number of carbonyl (C=O) groups excluding carboxylic acids is 3. The summed E-state index contributed by atoms with van der Waals surface area (Å²) >= 11 is 0. The SMILES string of the molecule is Cc1ccc(CN(C)CN2C(=O)C(=O)N(C3CCCCC3C)C2=O)cc1. The molecule has 1 aromatic rings. The number of rotatable bonds is 5. The third-order valence-corrected chi connectivity index (χ3v) is 5.44. The Kier molecular flexibility index (Phi) is 5.41. The molecule has 0 spiro atoms. The zero-order valence-corrected chi connectivity index (χ0v) is 15.8. The minimum atomic E-state index is -0.705. The first-order valence-corrected chi connectivity index (χ1v) is 9.31. The lowest BCUT2D eigenvalue weighted by molar-refractivity contribution is -0.145. The summed E-state index contributed by atoms with van der Waals surface area (Å²) in [7, 11) is 1.84. The number of nitrogens with zero attached hydrogens (tertiary/aromatic N) is 3. The molecule has 1 aliphatic heterocycles. The molecule has 6 nitrogen and oxygen atoms in total. The van der Waals surface area contributed by atoms with Crippen LogP contribution in [0.15, 0.2) is 24.3 Å². The van der Waals surface area contributed by atoms with Crippen molar-refractivity contribution in [3.63, 3.8) is 0 Å². The lowest BCUT2D eigenvalue weighted by Gasteiger charge is -2.34. The average Bonchev–Trinajstić information content (AvgIpc) is 2.81. The van der Waals surface area contributed by atoms with Gasteiger partial charge in [0.25, 0.3) is 0 Å². The predicted octanol–water partition coefficient (Wildman–Crippen LogP) is 2.75. The van der Waals surface area contributed by atoms with Crippen LogP contribution in [0.1, 0.15) is 43.7 Å². The number of hydrogen-bond donors (Lipinski definition) is 0. The zero-order chi connectivity index (χ0) is 18.8. The third kappa shape index (κ3) is 3.65. The van der Waals surface area contributed by atoms with Gasteiger partial charge in [0.2, 0.25) is 0 Å². The van der Waals surface area contributed by atoms with E-state index in [1.807, 2.05) is 43.1 Å². The summed E-state index contributed by atoms with van der Waals surface area (Å²) < 4.78 is 0. The molecule has 0 bridgehead atoms. The number of aryl methyl sites for hydroxylation is 1. The summed E-state index contributed by atoms with van der Waals surface area (Å²) in [6.45, 7) is 4.81. The highest BCUT2D eigenvalue weighted by molar-refractivity contribution is 6.44. The number of benzene rings is 1. The van der Waals surface area contributed by atoms with Gasteiger partial charge in [0.15, 0.2) is 0 Å². The fourth-order valence-corrected chi connectivity index (χ4v) is 3.92. The van der Waals surface area contributed by atoms with Gasteiger partial charge in [0.05, 0.1) is 6.67 Å². The first-order chi connectivity index (χ1) is 12.4. The highest BCUT2D eigenvalue weighted by Gasteiger charge is 2.49. The van der Waals surface area contributed by atoms with Gasteiger partial charge in [0, 0.05) is 12.6 Å². The lowest BCUT2D eigenvalue weighted by atomic mass is 9.85. The van der Waals surface area contributed by atoms with Crippen molar-refractivity contribution in [1.29, 1.82) is 0 Å². The Morgan fingerprint density at radius 1 is 1.04 bits per heavy atom. The molecule has 0 radical (unpaired) electrons. The number of amides is 4. The zero-order valence-electron chi connectivity index (χ0n) is 15.8. The molecule has 0 N–H and O–H groups in total. The van der Waals surface area contributed by atoms with Crippen LogP contribution >= 0.6 is 0 Å². The van der Waals surface area contributed by atoms with Gasteiger partial charge >= 0.3 is 17.8 Å². The van der Waals surface area contributed by atoms with E-state index in [4.69, 9.17) is 0 Å². The van der Waals surface area contributed by atoms with E-state index in [9.17, 15) is 14.4 Å². The smallest absolute Gasteiger partial charge is 0.284 e. The Morgan fingerprint density at radius 2 is 1.69 bits per heavy atom. The maximum Gasteiger partial charge on any atom is 0.335 e. The van der Waals surface area contributed by atoms with E-state index < -0.39 is 17.8 Å². The van der Waals surface area contributed by atoms with Crippen molar-refractivity contribution in [3.8, 4) is 0 Å². The second kappa shape index (κ2) is 7.58. The minimum Gasteiger partial charge on any atom is -0.284 e. The van der Waals surface area contributed by atoms with E-state index in [1.54, 1.807) is 0 Å². The maximum atomic E-state index is 12.8. The number of carbonyl (C=O) groups is 3. The van der Waals surface area contributed by atoms with Gasteiger partial charge in [0.1, 0.15) is 0 Å². The van der Waals surface area contributed by atoms with Crippen molar-refractivity contribution in [1.82, 2.24) is 14.7 Å². The van der Waals surface area contributed by atoms with E-state index in [1.165, 1.54) is 10.5 Å². The van der Waals surface area contributed by atoms with E-state index in [0.29, 0.717) is 6.54 Å². The van der Waals surface area contributed by atoms with Crippen LogP contribution in [0.25, 0.3) is 0 Å². The summed E-state index contributed by atoms with van der Waals surface area (Å²) in [6.07, 6.45) is 3.89.